The Morgan fingerprint density at radius 1 is 1.43 bits per heavy atom. The van der Waals surface area contributed by atoms with Crippen molar-refractivity contribution in [2.45, 2.75) is 24.9 Å². The fraction of sp³-hybridized carbons (Fsp3) is 0.375. The van der Waals surface area contributed by atoms with E-state index in [1.165, 1.54) is 7.11 Å². The van der Waals surface area contributed by atoms with Crippen molar-refractivity contribution < 1.29 is 24.2 Å². The SMILES string of the molecule is COC(=O)CC1(CC(=O)O)OCCc2c1[nH]c1cccc(Cl)c21. The van der Waals surface area contributed by atoms with Gasteiger partial charge in [0, 0.05) is 10.9 Å². The maximum absolute atomic E-state index is 11.8. The number of carboxylic acids is 1. The second-order valence-electron chi connectivity index (χ2n) is 5.56. The molecule has 1 aromatic heterocycles. The number of hydrogen-bond donors (Lipinski definition) is 2. The molecule has 7 heteroatoms. The minimum atomic E-state index is -1.27. The number of hydrogen-bond acceptors (Lipinski definition) is 4. The van der Waals surface area contributed by atoms with Crippen LogP contribution in [0.3, 0.4) is 0 Å². The highest BCUT2D eigenvalue weighted by atomic mass is 35.5. The average Bonchev–Trinajstić information content (AvgIpc) is 2.88. The minimum Gasteiger partial charge on any atom is -0.481 e. The van der Waals surface area contributed by atoms with Crippen molar-refractivity contribution >= 4 is 34.4 Å². The van der Waals surface area contributed by atoms with Crippen molar-refractivity contribution in [2.24, 2.45) is 0 Å². The normalized spacial score (nSPS) is 20.3. The van der Waals surface area contributed by atoms with Crippen molar-refractivity contribution in [1.82, 2.24) is 4.98 Å². The Hall–Kier alpha value is -2.05. The molecule has 2 heterocycles. The van der Waals surface area contributed by atoms with Crippen LogP contribution >= 0.6 is 11.6 Å². The lowest BCUT2D eigenvalue weighted by Crippen LogP contribution is -2.40. The summed E-state index contributed by atoms with van der Waals surface area (Å²) in [5, 5.41) is 10.7. The molecule has 0 amide bonds. The molecule has 0 aliphatic carbocycles. The van der Waals surface area contributed by atoms with Gasteiger partial charge in [-0.3, -0.25) is 9.59 Å². The second kappa shape index (κ2) is 5.86. The Bertz CT molecular complexity index is 784. The summed E-state index contributed by atoms with van der Waals surface area (Å²) in [4.78, 5) is 26.4. The average molecular weight is 338 g/mol. The number of carbonyl (C=O) groups excluding carboxylic acids is 1. The molecule has 1 aromatic carbocycles. The Labute approximate surface area is 137 Å². The van der Waals surface area contributed by atoms with Crippen LogP contribution in [0.1, 0.15) is 24.1 Å². The lowest BCUT2D eigenvalue weighted by Gasteiger charge is -2.35. The van der Waals surface area contributed by atoms with Gasteiger partial charge in [-0.15, -0.1) is 0 Å². The van der Waals surface area contributed by atoms with Gasteiger partial charge in [0.05, 0.1) is 37.3 Å². The van der Waals surface area contributed by atoms with Gasteiger partial charge in [-0.1, -0.05) is 17.7 Å². The van der Waals surface area contributed by atoms with E-state index in [4.69, 9.17) is 21.1 Å². The first-order valence-electron chi connectivity index (χ1n) is 7.19. The standard InChI is InChI=1S/C16H16ClNO5/c1-22-13(21)8-16(7-12(19)20)15-9(5-6-23-16)14-10(17)3-2-4-11(14)18-15/h2-4,18H,5-8H2,1H3,(H,19,20). The molecule has 1 atom stereocenters. The molecule has 6 nitrogen and oxygen atoms in total. The van der Waals surface area contributed by atoms with Gasteiger partial charge < -0.3 is 19.6 Å². The summed E-state index contributed by atoms with van der Waals surface area (Å²) in [5.74, 6) is -1.57. The van der Waals surface area contributed by atoms with E-state index >= 15 is 0 Å². The van der Waals surface area contributed by atoms with Gasteiger partial charge in [-0.25, -0.2) is 0 Å². The van der Waals surface area contributed by atoms with E-state index < -0.39 is 17.5 Å². The zero-order valence-electron chi connectivity index (χ0n) is 12.5. The van der Waals surface area contributed by atoms with Crippen molar-refractivity contribution in [1.29, 1.82) is 0 Å². The minimum absolute atomic E-state index is 0.173. The highest BCUT2D eigenvalue weighted by molar-refractivity contribution is 6.35. The van der Waals surface area contributed by atoms with Crippen LogP contribution in [0, 0.1) is 0 Å². The highest BCUT2D eigenvalue weighted by Gasteiger charge is 2.44. The molecule has 3 rings (SSSR count). The lowest BCUT2D eigenvalue weighted by atomic mass is 9.85. The third-order valence-electron chi connectivity index (χ3n) is 4.16. The first-order valence-corrected chi connectivity index (χ1v) is 7.57. The number of rotatable bonds is 4. The number of methoxy groups -OCH3 is 1. The van der Waals surface area contributed by atoms with Crippen LogP contribution in [0.2, 0.25) is 5.02 Å². The Morgan fingerprint density at radius 3 is 2.91 bits per heavy atom. The molecule has 1 unspecified atom stereocenters. The van der Waals surface area contributed by atoms with Crippen LogP contribution in [0.15, 0.2) is 18.2 Å². The first-order chi connectivity index (χ1) is 11.0. The van der Waals surface area contributed by atoms with E-state index in [9.17, 15) is 14.7 Å². The molecule has 0 saturated carbocycles. The first kappa shape index (κ1) is 15.8. The smallest absolute Gasteiger partial charge is 0.308 e. The highest BCUT2D eigenvalue weighted by Crippen LogP contribution is 2.43. The van der Waals surface area contributed by atoms with Crippen molar-refractivity contribution in [3.8, 4) is 0 Å². The largest absolute Gasteiger partial charge is 0.481 e. The van der Waals surface area contributed by atoms with E-state index in [0.29, 0.717) is 23.7 Å². The number of aromatic nitrogens is 1. The summed E-state index contributed by atoms with van der Waals surface area (Å²) in [6, 6.07) is 5.46. The van der Waals surface area contributed by atoms with E-state index in [0.717, 1.165) is 16.5 Å². The molecule has 1 aliphatic rings. The molecule has 2 N–H and O–H groups in total. The summed E-state index contributed by atoms with van der Waals surface area (Å²) in [6.45, 7) is 0.315. The summed E-state index contributed by atoms with van der Waals surface area (Å²) < 4.78 is 10.5. The zero-order chi connectivity index (χ0) is 16.6. The van der Waals surface area contributed by atoms with Crippen molar-refractivity contribution in [2.75, 3.05) is 13.7 Å². The Balaban J connectivity index is 2.20. The van der Waals surface area contributed by atoms with E-state index in [-0.39, 0.29) is 12.8 Å². The number of benzene rings is 1. The number of H-pyrrole nitrogens is 1. The summed E-state index contributed by atoms with van der Waals surface area (Å²) in [6.07, 6.45) is 0.0917. The summed E-state index contributed by atoms with van der Waals surface area (Å²) in [7, 11) is 1.27. The molecule has 2 aromatic rings. The van der Waals surface area contributed by atoms with Crippen molar-refractivity contribution in [3.05, 3.63) is 34.5 Å². The maximum Gasteiger partial charge on any atom is 0.308 e. The summed E-state index contributed by atoms with van der Waals surface area (Å²) >= 11 is 6.30. The molecule has 23 heavy (non-hydrogen) atoms. The van der Waals surface area contributed by atoms with Crippen molar-refractivity contribution in [3.63, 3.8) is 0 Å². The van der Waals surface area contributed by atoms with E-state index in [1.54, 1.807) is 6.07 Å². The molecule has 1 aliphatic heterocycles. The molecular formula is C16H16ClNO5. The monoisotopic (exact) mass is 337 g/mol. The number of carbonyl (C=O) groups is 2. The molecule has 0 radical (unpaired) electrons. The van der Waals surface area contributed by atoms with Gasteiger partial charge in [-0.05, 0) is 24.1 Å². The third kappa shape index (κ3) is 2.68. The Morgan fingerprint density at radius 2 is 2.22 bits per heavy atom. The van der Waals surface area contributed by atoms with Crippen LogP contribution < -0.4 is 0 Å². The molecule has 0 spiro atoms. The maximum atomic E-state index is 11.8. The third-order valence-corrected chi connectivity index (χ3v) is 4.47. The number of nitrogens with one attached hydrogen (secondary N) is 1. The van der Waals surface area contributed by atoms with Gasteiger partial charge in [0.15, 0.2) is 0 Å². The van der Waals surface area contributed by atoms with Crippen LogP contribution in [0.25, 0.3) is 10.9 Å². The van der Waals surface area contributed by atoms with Crippen LogP contribution in [0.4, 0.5) is 0 Å². The van der Waals surface area contributed by atoms with Gasteiger partial charge >= 0.3 is 11.9 Å². The quantitative estimate of drug-likeness (QED) is 0.837. The molecule has 122 valence electrons. The predicted molar refractivity (Wildman–Crippen MR) is 83.5 cm³/mol. The van der Waals surface area contributed by atoms with Gasteiger partial charge in [0.2, 0.25) is 0 Å². The topological polar surface area (TPSA) is 88.6 Å². The van der Waals surface area contributed by atoms with Crippen LogP contribution in [-0.2, 0) is 31.1 Å². The number of carboxylic acid groups (broad SMARTS) is 1. The van der Waals surface area contributed by atoms with Gasteiger partial charge in [0.1, 0.15) is 5.60 Å². The van der Waals surface area contributed by atoms with E-state index in [1.807, 2.05) is 12.1 Å². The predicted octanol–water partition coefficient (Wildman–Crippen LogP) is 2.63. The number of aromatic amines is 1. The number of aliphatic carboxylic acids is 1. The molecule has 0 saturated heterocycles. The van der Waals surface area contributed by atoms with Crippen LogP contribution in [0.5, 0.6) is 0 Å². The zero-order valence-corrected chi connectivity index (χ0v) is 13.3. The van der Waals surface area contributed by atoms with E-state index in [2.05, 4.69) is 4.98 Å². The fourth-order valence-electron chi connectivity index (χ4n) is 3.22. The molecule has 0 fully saturated rings. The molecular weight excluding hydrogens is 322 g/mol. The van der Waals surface area contributed by atoms with Gasteiger partial charge in [0.25, 0.3) is 0 Å². The fourth-order valence-corrected chi connectivity index (χ4v) is 3.51. The second-order valence-corrected chi connectivity index (χ2v) is 5.96. The number of esters is 1. The van der Waals surface area contributed by atoms with Crippen LogP contribution in [-0.4, -0.2) is 35.7 Å². The Kier molecular flexibility index (Phi) is 4.04. The summed E-state index contributed by atoms with van der Waals surface area (Å²) in [5.41, 5.74) is 1.03. The number of fused-ring (bicyclic) bond motifs is 3. The number of halogens is 1. The van der Waals surface area contributed by atoms with Gasteiger partial charge in [-0.2, -0.15) is 0 Å². The lowest BCUT2D eigenvalue weighted by molar-refractivity contribution is -0.159. The number of ether oxygens (including phenoxy) is 2. The molecule has 0 bridgehead atoms.